The van der Waals surface area contributed by atoms with Gasteiger partial charge in [-0.2, -0.15) is 0 Å². The Kier molecular flexibility index (Phi) is 12.6. The molecule has 2 aromatic heterocycles. The summed E-state index contributed by atoms with van der Waals surface area (Å²) < 4.78 is 11.1. The van der Waals surface area contributed by atoms with Crippen LogP contribution in [0, 0.1) is 39.9 Å². The van der Waals surface area contributed by atoms with Gasteiger partial charge in [-0.25, -0.2) is 9.97 Å². The molecule has 6 bridgehead atoms. The van der Waals surface area contributed by atoms with E-state index in [1.165, 1.54) is 11.1 Å². The van der Waals surface area contributed by atoms with Crippen LogP contribution in [0.1, 0.15) is 87.3 Å². The predicted octanol–water partition coefficient (Wildman–Crippen LogP) is 5.25. The molecule has 0 fully saturated rings. The van der Waals surface area contributed by atoms with E-state index < -0.39 is 0 Å². The molecule has 2 aliphatic rings. The van der Waals surface area contributed by atoms with Crippen LogP contribution in [0.15, 0.2) is 36.7 Å². The molecule has 9 nitrogen and oxygen atoms in total. The molecule has 5 rings (SSSR count). The Balaban J connectivity index is 0.00000480. The zero-order chi connectivity index (χ0) is 32.1. The first kappa shape index (κ1) is 35.8. The molecule has 1 aromatic carbocycles. The molecule has 4 heterocycles. The molecule has 46 heavy (non-hydrogen) atoms. The number of fused-ring (bicyclic) bond motifs is 7. The van der Waals surface area contributed by atoms with Crippen molar-refractivity contribution in [3.05, 3.63) is 70.6 Å². The minimum Gasteiger partial charge on any atom is -0.854 e. The first-order chi connectivity index (χ1) is 21.9. The fraction of sp³-hybridized carbons (Fsp3) is 0.389. The van der Waals surface area contributed by atoms with Crippen molar-refractivity contribution < 1.29 is 59.6 Å². The molecule has 241 valence electrons. The third-order valence-electron chi connectivity index (χ3n) is 8.53. The number of aromatic nitrogens is 5. The standard InChI is InChI=1S/C36H40N5O4.Gd/c1-7-23-24(8-2)28-16-30-26(12-10-14-43)22(4)34(41-30)20-38-32-18-36(45-6)35(44-5)17-31(32)37-19-33-21(3)25(11-9-13-42)29(40-33)15-27(23)39-28;/h15-20H,7-14H2,1-6H3;/q-3;+3. The molecule has 0 aliphatic carbocycles. The van der Waals surface area contributed by atoms with Gasteiger partial charge in [0.05, 0.1) is 60.4 Å². The molecule has 2 aliphatic heterocycles. The van der Waals surface area contributed by atoms with Crippen LogP contribution in [0.25, 0.3) is 44.4 Å². The summed E-state index contributed by atoms with van der Waals surface area (Å²) in [7, 11) is 3.17. The van der Waals surface area contributed by atoms with Crippen LogP contribution in [0.2, 0.25) is 0 Å². The molecule has 0 unspecified atom stereocenters. The maximum atomic E-state index is 11.5. The number of methoxy groups -OCH3 is 2. The van der Waals surface area contributed by atoms with Crippen LogP contribution in [-0.2, 0) is 12.8 Å². The van der Waals surface area contributed by atoms with Crippen molar-refractivity contribution in [2.24, 2.45) is 0 Å². The minimum atomic E-state index is -0.156. The van der Waals surface area contributed by atoms with Crippen molar-refractivity contribution in [1.82, 2.24) is 24.9 Å². The molecule has 3 aromatic rings. The second kappa shape index (κ2) is 16.2. The van der Waals surface area contributed by atoms with Crippen LogP contribution in [-0.4, -0.2) is 47.4 Å². The average molecular weight is 764 g/mol. The van der Waals surface area contributed by atoms with Gasteiger partial charge in [-0.15, -0.1) is 24.2 Å². The van der Waals surface area contributed by atoms with E-state index >= 15 is 0 Å². The number of benzene rings is 1. The molecule has 0 saturated heterocycles. The summed E-state index contributed by atoms with van der Waals surface area (Å²) in [6.07, 6.45) is 7.40. The number of allylic oxidation sites excluding steroid dienone is 4. The Morgan fingerprint density at radius 3 is 1.41 bits per heavy atom. The summed E-state index contributed by atoms with van der Waals surface area (Å²) in [6.45, 7) is 8.02. The molecule has 0 atom stereocenters. The number of hydrogen-bond donors (Lipinski definition) is 0. The summed E-state index contributed by atoms with van der Waals surface area (Å²) in [4.78, 5) is 24.8. The van der Waals surface area contributed by atoms with Crippen molar-refractivity contribution in [2.45, 2.75) is 66.2 Å². The Morgan fingerprint density at radius 1 is 0.652 bits per heavy atom. The third kappa shape index (κ3) is 7.26. The van der Waals surface area contributed by atoms with Gasteiger partial charge in [-0.1, -0.05) is 49.9 Å². The summed E-state index contributed by atoms with van der Waals surface area (Å²) in [5.41, 5.74) is 12.4. The van der Waals surface area contributed by atoms with Gasteiger partial charge in [0.25, 0.3) is 0 Å². The molecule has 1 radical (unpaired) electrons. The number of aryl methyl sites for hydroxylation is 2. The SMILES string of the molecule is CCc1c(CC)c2cc3nc(cnc4cc(OC)c(OC)cc4ncc4nc(cc1[n-]2)C(CCC[O-])=C4C)C(C)=C3CCC[O-].[Gd+3]. The third-order valence-corrected chi connectivity index (χ3v) is 8.53. The van der Waals surface area contributed by atoms with Crippen LogP contribution in [0.4, 0.5) is 0 Å². The van der Waals surface area contributed by atoms with Gasteiger partial charge in [-0.3, -0.25) is 9.97 Å². The summed E-state index contributed by atoms with van der Waals surface area (Å²) in [5, 5.41) is 23.0. The quantitative estimate of drug-likeness (QED) is 0.272. The van der Waals surface area contributed by atoms with E-state index in [2.05, 4.69) is 26.0 Å². The van der Waals surface area contributed by atoms with Crippen LogP contribution < -0.4 is 24.7 Å². The fourth-order valence-corrected chi connectivity index (χ4v) is 6.06. The molecule has 0 N–H and O–H groups in total. The van der Waals surface area contributed by atoms with E-state index in [0.717, 1.165) is 68.9 Å². The van der Waals surface area contributed by atoms with Crippen molar-refractivity contribution in [3.8, 4) is 11.5 Å². The van der Waals surface area contributed by atoms with Gasteiger partial charge in [-0.05, 0) is 61.8 Å². The maximum absolute atomic E-state index is 11.5. The summed E-state index contributed by atoms with van der Waals surface area (Å²) >= 11 is 0. The molecule has 0 amide bonds. The zero-order valence-corrected chi connectivity index (χ0v) is 29.6. The largest absolute Gasteiger partial charge is 3.00 e. The Labute approximate surface area is 302 Å². The molecule has 10 heteroatoms. The molecular formula is C36H40GdN5O4. The van der Waals surface area contributed by atoms with Crippen molar-refractivity contribution in [3.63, 3.8) is 0 Å². The van der Waals surface area contributed by atoms with E-state index in [-0.39, 0.29) is 53.2 Å². The van der Waals surface area contributed by atoms with Gasteiger partial charge < -0.3 is 24.7 Å². The van der Waals surface area contributed by atoms with E-state index in [1.807, 2.05) is 13.8 Å². The number of ether oxygens (including phenoxy) is 2. The van der Waals surface area contributed by atoms with Crippen molar-refractivity contribution in [2.75, 3.05) is 27.4 Å². The van der Waals surface area contributed by atoms with Crippen molar-refractivity contribution >= 4 is 44.4 Å². The maximum Gasteiger partial charge on any atom is 3.00 e. The van der Waals surface area contributed by atoms with E-state index in [9.17, 15) is 10.2 Å². The number of hydrogen-bond acceptors (Lipinski definition) is 8. The Bertz CT molecular complexity index is 1730. The van der Waals surface area contributed by atoms with Gasteiger partial charge >= 0.3 is 39.9 Å². The predicted molar refractivity (Wildman–Crippen MR) is 175 cm³/mol. The molecule has 0 spiro atoms. The first-order valence-electron chi connectivity index (χ1n) is 15.6. The Morgan fingerprint density at radius 2 is 1.07 bits per heavy atom. The molecular weight excluding hydrogens is 724 g/mol. The zero-order valence-electron chi connectivity index (χ0n) is 27.3. The fourth-order valence-electron chi connectivity index (χ4n) is 6.06. The second-order valence-corrected chi connectivity index (χ2v) is 11.1. The van der Waals surface area contributed by atoms with Crippen molar-refractivity contribution in [1.29, 1.82) is 0 Å². The number of nitrogens with zero attached hydrogens (tertiary/aromatic N) is 5. The summed E-state index contributed by atoms with van der Waals surface area (Å²) in [5.74, 6) is 1.06. The van der Waals surface area contributed by atoms with Crippen LogP contribution in [0.5, 0.6) is 11.5 Å². The first-order valence-corrected chi connectivity index (χ1v) is 15.6. The van der Waals surface area contributed by atoms with Gasteiger partial charge in [0.2, 0.25) is 0 Å². The topological polar surface area (TPSA) is 130 Å². The Hall–Kier alpha value is -3.02. The number of rotatable bonds is 10. The van der Waals surface area contributed by atoms with E-state index in [0.29, 0.717) is 48.2 Å². The second-order valence-electron chi connectivity index (χ2n) is 11.1. The van der Waals surface area contributed by atoms with Gasteiger partial charge in [0, 0.05) is 12.1 Å². The smallest absolute Gasteiger partial charge is 0.854 e. The monoisotopic (exact) mass is 764 g/mol. The van der Waals surface area contributed by atoms with Gasteiger partial charge in [0.1, 0.15) is 0 Å². The van der Waals surface area contributed by atoms with Crippen LogP contribution >= 0.6 is 0 Å². The average Bonchev–Trinajstić information content (AvgIpc) is 3.65. The summed E-state index contributed by atoms with van der Waals surface area (Å²) in [6, 6.07) is 7.68. The normalized spacial score (nSPS) is 12.7. The minimum absolute atomic E-state index is 0. The van der Waals surface area contributed by atoms with Crippen LogP contribution in [0.3, 0.4) is 0 Å². The van der Waals surface area contributed by atoms with Gasteiger partial charge in [0.15, 0.2) is 11.5 Å². The van der Waals surface area contributed by atoms with E-state index in [4.69, 9.17) is 34.4 Å². The van der Waals surface area contributed by atoms with E-state index in [1.54, 1.807) is 38.7 Å². The molecule has 0 saturated carbocycles.